The molecule has 20 heavy (non-hydrogen) atoms. The molecule has 0 bridgehead atoms. The lowest BCUT2D eigenvalue weighted by molar-refractivity contribution is -0.128. The number of thiazole rings is 1. The van der Waals surface area contributed by atoms with E-state index in [1.54, 1.807) is 0 Å². The third-order valence-corrected chi connectivity index (χ3v) is 4.90. The third kappa shape index (κ3) is 2.57. The van der Waals surface area contributed by atoms with E-state index in [9.17, 15) is 9.59 Å². The number of aromatic nitrogens is 1. The van der Waals surface area contributed by atoms with Gasteiger partial charge in [0, 0.05) is 23.9 Å². The van der Waals surface area contributed by atoms with Crippen LogP contribution in [-0.4, -0.2) is 34.3 Å². The van der Waals surface area contributed by atoms with Crippen LogP contribution in [0, 0.1) is 12.8 Å². The first-order chi connectivity index (χ1) is 9.58. The molecule has 1 saturated carbocycles. The van der Waals surface area contributed by atoms with Crippen molar-refractivity contribution in [1.29, 1.82) is 0 Å². The first-order valence-corrected chi connectivity index (χ1v) is 7.96. The van der Waals surface area contributed by atoms with Crippen LogP contribution in [0.3, 0.4) is 0 Å². The second kappa shape index (κ2) is 5.16. The highest BCUT2D eigenvalue weighted by atomic mass is 32.1. The molecular formula is C14H19N3O2S. The van der Waals surface area contributed by atoms with Gasteiger partial charge in [-0.1, -0.05) is 6.92 Å². The summed E-state index contributed by atoms with van der Waals surface area (Å²) in [6.07, 6.45) is 3.39. The molecule has 108 valence electrons. The van der Waals surface area contributed by atoms with Gasteiger partial charge >= 0.3 is 0 Å². The molecule has 0 aromatic carbocycles. The maximum absolute atomic E-state index is 12.2. The number of hydrogen-bond donors (Lipinski definition) is 1. The zero-order chi connectivity index (χ0) is 14.3. The van der Waals surface area contributed by atoms with Crippen LogP contribution in [0.5, 0.6) is 0 Å². The molecule has 6 heteroatoms. The second-order valence-corrected chi connectivity index (χ2v) is 6.75. The predicted octanol–water partition coefficient (Wildman–Crippen LogP) is 1.96. The van der Waals surface area contributed by atoms with Crippen LogP contribution in [-0.2, 0) is 16.0 Å². The van der Waals surface area contributed by atoms with Crippen molar-refractivity contribution < 1.29 is 9.59 Å². The minimum absolute atomic E-state index is 0.0714. The number of rotatable bonds is 4. The molecule has 1 aliphatic heterocycles. The maximum atomic E-state index is 12.2. The van der Waals surface area contributed by atoms with E-state index >= 15 is 0 Å². The van der Waals surface area contributed by atoms with Gasteiger partial charge in [0.1, 0.15) is 0 Å². The highest BCUT2D eigenvalue weighted by molar-refractivity contribution is 7.15. The highest BCUT2D eigenvalue weighted by Gasteiger charge is 2.41. The maximum Gasteiger partial charge on any atom is 0.231 e. The molecule has 0 spiro atoms. The third-order valence-electron chi connectivity index (χ3n) is 3.97. The molecule has 5 nitrogen and oxygen atoms in total. The standard InChI is InChI=1S/C14H19N3O2S/c1-3-11-8(2)20-14(15-11)16-13(19)9-6-12(18)17(7-9)10-4-5-10/h9-10H,3-7H2,1-2H3,(H,15,16,19)/t9-/m1/s1. The molecule has 2 amide bonds. The lowest BCUT2D eigenvalue weighted by Crippen LogP contribution is -2.29. The van der Waals surface area contributed by atoms with Gasteiger partial charge in [-0.05, 0) is 26.2 Å². The molecule has 1 atom stereocenters. The number of amides is 2. The lowest BCUT2D eigenvalue weighted by Gasteiger charge is -2.14. The van der Waals surface area contributed by atoms with Crippen molar-refractivity contribution in [1.82, 2.24) is 9.88 Å². The monoisotopic (exact) mass is 293 g/mol. The highest BCUT2D eigenvalue weighted by Crippen LogP contribution is 2.33. The molecule has 0 radical (unpaired) electrons. The Kier molecular flexibility index (Phi) is 3.50. The Balaban J connectivity index is 1.63. The van der Waals surface area contributed by atoms with Gasteiger partial charge < -0.3 is 10.2 Å². The van der Waals surface area contributed by atoms with E-state index < -0.39 is 0 Å². The lowest BCUT2D eigenvalue weighted by atomic mass is 10.1. The summed E-state index contributed by atoms with van der Waals surface area (Å²) in [5.41, 5.74) is 1.03. The van der Waals surface area contributed by atoms with Gasteiger partial charge in [0.15, 0.2) is 5.13 Å². The van der Waals surface area contributed by atoms with Gasteiger partial charge in [-0.15, -0.1) is 11.3 Å². The smallest absolute Gasteiger partial charge is 0.231 e. The van der Waals surface area contributed by atoms with Crippen molar-refractivity contribution in [2.75, 3.05) is 11.9 Å². The summed E-state index contributed by atoms with van der Waals surface area (Å²) in [5, 5.41) is 3.52. The Bertz CT molecular complexity index is 551. The van der Waals surface area contributed by atoms with E-state index in [-0.39, 0.29) is 17.7 Å². The fourth-order valence-corrected chi connectivity index (χ4v) is 3.57. The van der Waals surface area contributed by atoms with Crippen molar-refractivity contribution >= 4 is 28.3 Å². The van der Waals surface area contributed by atoms with Crippen LogP contribution in [0.2, 0.25) is 0 Å². The van der Waals surface area contributed by atoms with Gasteiger partial charge in [0.25, 0.3) is 0 Å². The molecule has 0 unspecified atom stereocenters. The minimum atomic E-state index is -0.225. The summed E-state index contributed by atoms with van der Waals surface area (Å²) in [6, 6.07) is 0.397. The number of nitrogens with one attached hydrogen (secondary N) is 1. The number of likely N-dealkylation sites (tertiary alicyclic amines) is 1. The number of hydrogen-bond acceptors (Lipinski definition) is 4. The van der Waals surface area contributed by atoms with E-state index in [2.05, 4.69) is 17.2 Å². The molecule has 2 heterocycles. The molecule has 1 aromatic rings. The van der Waals surface area contributed by atoms with Crippen LogP contribution in [0.1, 0.15) is 36.8 Å². The minimum Gasteiger partial charge on any atom is -0.339 e. The zero-order valence-electron chi connectivity index (χ0n) is 11.8. The van der Waals surface area contributed by atoms with Gasteiger partial charge in [0.2, 0.25) is 11.8 Å². The fraction of sp³-hybridized carbons (Fsp3) is 0.643. The molecule has 2 aliphatic rings. The van der Waals surface area contributed by atoms with Crippen LogP contribution < -0.4 is 5.32 Å². The molecule has 3 rings (SSSR count). The van der Waals surface area contributed by atoms with Crippen molar-refractivity contribution in [2.45, 2.75) is 45.6 Å². The number of carbonyl (C=O) groups excluding carboxylic acids is 2. The summed E-state index contributed by atoms with van der Waals surface area (Å²) in [6.45, 7) is 4.64. The Labute approximate surface area is 122 Å². The topological polar surface area (TPSA) is 62.3 Å². The number of aryl methyl sites for hydroxylation is 2. The second-order valence-electron chi connectivity index (χ2n) is 5.54. The Morgan fingerprint density at radius 3 is 2.85 bits per heavy atom. The molecular weight excluding hydrogens is 274 g/mol. The van der Waals surface area contributed by atoms with Crippen LogP contribution in [0.15, 0.2) is 0 Å². The Hall–Kier alpha value is -1.43. The molecule has 1 saturated heterocycles. The van der Waals surface area contributed by atoms with Crippen molar-refractivity contribution in [3.8, 4) is 0 Å². The van der Waals surface area contributed by atoms with Crippen molar-refractivity contribution in [2.24, 2.45) is 5.92 Å². The van der Waals surface area contributed by atoms with Gasteiger partial charge in [-0.25, -0.2) is 4.98 Å². The molecule has 2 fully saturated rings. The van der Waals surface area contributed by atoms with Crippen molar-refractivity contribution in [3.63, 3.8) is 0 Å². The van der Waals surface area contributed by atoms with E-state index in [0.29, 0.717) is 24.1 Å². The summed E-state index contributed by atoms with van der Waals surface area (Å²) in [4.78, 5) is 31.5. The number of nitrogens with zero attached hydrogens (tertiary/aromatic N) is 2. The molecule has 1 aliphatic carbocycles. The summed E-state index contributed by atoms with van der Waals surface area (Å²) in [7, 11) is 0. The first kappa shape index (κ1) is 13.5. The van der Waals surface area contributed by atoms with Gasteiger partial charge in [-0.2, -0.15) is 0 Å². The first-order valence-electron chi connectivity index (χ1n) is 7.15. The fourth-order valence-electron chi connectivity index (χ4n) is 2.66. The predicted molar refractivity (Wildman–Crippen MR) is 77.7 cm³/mol. The normalized spacial score (nSPS) is 22.4. The van der Waals surface area contributed by atoms with Crippen molar-refractivity contribution in [3.05, 3.63) is 10.6 Å². The molecule has 1 aromatic heterocycles. The molecule has 1 N–H and O–H groups in total. The number of carbonyl (C=O) groups is 2. The van der Waals surface area contributed by atoms with E-state index in [0.717, 1.165) is 29.8 Å². The largest absolute Gasteiger partial charge is 0.339 e. The average Bonchev–Trinajstić information content (AvgIpc) is 3.09. The van der Waals surface area contributed by atoms with Crippen LogP contribution in [0.25, 0.3) is 0 Å². The quantitative estimate of drug-likeness (QED) is 0.923. The van der Waals surface area contributed by atoms with Gasteiger partial charge in [0.05, 0.1) is 11.6 Å². The SMILES string of the molecule is CCc1nc(NC(=O)[C@@H]2CC(=O)N(C3CC3)C2)sc1C. The Morgan fingerprint density at radius 2 is 2.25 bits per heavy atom. The summed E-state index contributed by atoms with van der Waals surface area (Å²) in [5.74, 6) is -0.174. The van der Waals surface area contributed by atoms with E-state index in [1.165, 1.54) is 11.3 Å². The average molecular weight is 293 g/mol. The number of anilines is 1. The summed E-state index contributed by atoms with van der Waals surface area (Å²) < 4.78 is 0. The van der Waals surface area contributed by atoms with Crippen LogP contribution >= 0.6 is 11.3 Å². The Morgan fingerprint density at radius 1 is 1.50 bits per heavy atom. The van der Waals surface area contributed by atoms with E-state index in [4.69, 9.17) is 0 Å². The van der Waals surface area contributed by atoms with E-state index in [1.807, 2.05) is 11.8 Å². The zero-order valence-corrected chi connectivity index (χ0v) is 12.6. The van der Waals surface area contributed by atoms with Gasteiger partial charge in [-0.3, -0.25) is 9.59 Å². The van der Waals surface area contributed by atoms with Crippen LogP contribution in [0.4, 0.5) is 5.13 Å². The summed E-state index contributed by atoms with van der Waals surface area (Å²) >= 11 is 1.50.